The SMILES string of the molecule is Cc1cc(C)n(-c2ccc(C(=O)Nc3ccc(Cl)c(-c4ccccn4)c3)cn2)n1.O=C(Nc1ccc(Cl)c(-c2ccccn2)c1)c1ccc(N2CCC(O)CC2)nc1.O=C(Nc1ccc(Cl)c(-c2ccccn2)c1)c1ccc(N2CCNCC2=O)nc1.O=C1CN(c2ccc(C(=O)Nc3ccc(Cl)c(-c4ccccn4)c3)cn2)CCN1. The van der Waals surface area contributed by atoms with Crippen LogP contribution in [0.5, 0.6) is 0 Å². The van der Waals surface area contributed by atoms with Gasteiger partial charge in [0.15, 0.2) is 5.82 Å². The second-order valence-corrected chi connectivity index (χ2v) is 28.3. The number of amides is 6. The number of pyridine rings is 8. The van der Waals surface area contributed by atoms with Crippen molar-refractivity contribution < 1.29 is 33.9 Å². The van der Waals surface area contributed by atoms with Crippen LogP contribution in [0.2, 0.25) is 20.1 Å². The normalized spacial score (nSPS) is 13.2. The van der Waals surface area contributed by atoms with Gasteiger partial charge in [-0.25, -0.2) is 24.6 Å². The number of nitrogens with one attached hydrogen (secondary N) is 6. The monoisotopic (exact) mass is 1630 g/mol. The third-order valence-electron chi connectivity index (χ3n) is 18.4. The summed E-state index contributed by atoms with van der Waals surface area (Å²) in [5, 5.41) is 33.5. The van der Waals surface area contributed by atoms with Crippen LogP contribution in [-0.4, -0.2) is 149 Å². The summed E-state index contributed by atoms with van der Waals surface area (Å²) >= 11 is 25.2. The molecule has 3 saturated heterocycles. The van der Waals surface area contributed by atoms with Crippen LogP contribution in [0.25, 0.3) is 50.8 Å². The maximum absolute atomic E-state index is 12.6. The fourth-order valence-electron chi connectivity index (χ4n) is 12.5. The zero-order chi connectivity index (χ0) is 81.0. The van der Waals surface area contributed by atoms with E-state index in [0.717, 1.165) is 88.2 Å². The van der Waals surface area contributed by atoms with Crippen molar-refractivity contribution in [1.82, 2.24) is 60.3 Å². The zero-order valence-corrected chi connectivity index (χ0v) is 65.6. The van der Waals surface area contributed by atoms with E-state index in [0.29, 0.717) is 115 Å². The number of aromatic nitrogens is 10. The molecule has 0 saturated carbocycles. The molecule has 9 aromatic heterocycles. The molecule has 3 fully saturated rings. The zero-order valence-electron chi connectivity index (χ0n) is 62.5. The molecule has 16 rings (SSSR count). The van der Waals surface area contributed by atoms with Crippen LogP contribution < -0.4 is 46.6 Å². The molecule has 584 valence electrons. The summed E-state index contributed by atoms with van der Waals surface area (Å²) in [6.45, 7) is 8.51. The van der Waals surface area contributed by atoms with Crippen molar-refractivity contribution in [3.05, 3.63) is 303 Å². The summed E-state index contributed by atoms with van der Waals surface area (Å²) < 4.78 is 1.75. The molecule has 0 atom stereocenters. The van der Waals surface area contributed by atoms with Crippen LogP contribution in [0, 0.1) is 13.8 Å². The Labute approximate surface area is 687 Å². The number of halogens is 4. The minimum absolute atomic E-state index is 0.0358. The number of carbonyl (C=O) groups excluding carboxylic acids is 6. The van der Waals surface area contributed by atoms with Crippen molar-refractivity contribution in [2.45, 2.75) is 32.8 Å². The average Bonchev–Trinajstić information content (AvgIpc) is 1.40. The third kappa shape index (κ3) is 21.2. The molecular formula is C86H75Cl4N19O7. The van der Waals surface area contributed by atoms with E-state index in [1.54, 1.807) is 150 Å². The van der Waals surface area contributed by atoms with Crippen LogP contribution in [-0.2, 0) is 9.59 Å². The van der Waals surface area contributed by atoms with Gasteiger partial charge < -0.3 is 46.8 Å². The number of nitrogens with zero attached hydrogens (tertiary/aromatic N) is 13. The Hall–Kier alpha value is -13.2. The highest BCUT2D eigenvalue weighted by Crippen LogP contribution is 2.34. The Morgan fingerprint density at radius 1 is 0.414 bits per heavy atom. The highest BCUT2D eigenvalue weighted by Gasteiger charge is 2.24. The molecule has 12 heterocycles. The second-order valence-electron chi connectivity index (χ2n) is 26.6. The lowest BCUT2D eigenvalue weighted by atomic mass is 10.1. The van der Waals surface area contributed by atoms with E-state index in [1.165, 1.54) is 18.6 Å². The number of piperidine rings is 1. The number of rotatable bonds is 16. The van der Waals surface area contributed by atoms with Crippen molar-refractivity contribution in [2.24, 2.45) is 0 Å². The fourth-order valence-corrected chi connectivity index (χ4v) is 13.3. The van der Waals surface area contributed by atoms with Gasteiger partial charge in [-0.2, -0.15) is 5.10 Å². The first-order valence-electron chi connectivity index (χ1n) is 36.8. The van der Waals surface area contributed by atoms with Crippen LogP contribution in [0.3, 0.4) is 0 Å². The molecule has 13 aromatic rings. The first-order valence-corrected chi connectivity index (χ1v) is 38.3. The van der Waals surface area contributed by atoms with E-state index >= 15 is 0 Å². The van der Waals surface area contributed by atoms with Gasteiger partial charge in [-0.3, -0.25) is 53.6 Å². The Morgan fingerprint density at radius 3 is 1.11 bits per heavy atom. The standard InChI is InChI=1S/C22H18ClN5O.C22H21ClN4O2.2C21H18ClN5O2/c1-14-11-15(2)28(27-14)21-9-6-16(13-25-21)22(29)26-17-7-8-19(23)18(12-17)20-5-3-4-10-24-20;23-19-6-5-16(13-18(19)20-3-1-2-10-24-20)26-22(29)15-4-7-21(25-14-15)27-11-8-17(28)9-12-27;22-17-6-5-15(11-16(17)18-3-1-2-8-24-18)26-21(29)14-4-7-19(25-12-14)27-10-9-23-13-20(27)28;22-17-6-5-15(11-16(17)18-3-1-2-8-23-18)26-21(29)14-4-7-19(25-12-14)27-10-9-24-20(28)13-27/h3-13H,1-2H3,(H,26,29);1-7,10,13-14,17,28H,8-9,11-12H2,(H,26,29);1-8,11-12,23H,9-10,13H2,(H,26,29);1-8,11-12H,9-10,13H2,(H,24,28)(H,26,29). The van der Waals surface area contributed by atoms with Gasteiger partial charge in [0.25, 0.3) is 23.6 Å². The van der Waals surface area contributed by atoms with Crippen molar-refractivity contribution in [3.63, 3.8) is 0 Å². The number of carbonyl (C=O) groups is 6. The number of hydrogen-bond donors (Lipinski definition) is 7. The Balaban J connectivity index is 0.000000135. The lowest BCUT2D eigenvalue weighted by Crippen LogP contribution is -2.48. The van der Waals surface area contributed by atoms with E-state index in [4.69, 9.17) is 46.4 Å². The minimum atomic E-state index is -0.301. The summed E-state index contributed by atoms with van der Waals surface area (Å²) in [6, 6.07) is 59.3. The smallest absolute Gasteiger partial charge is 0.257 e. The molecule has 0 spiro atoms. The molecule has 0 aliphatic carbocycles. The van der Waals surface area contributed by atoms with Gasteiger partial charge in [-0.05, 0) is 203 Å². The summed E-state index contributed by atoms with van der Waals surface area (Å²) in [4.78, 5) is 114. The number of aliphatic hydroxyl groups is 1. The van der Waals surface area contributed by atoms with Crippen molar-refractivity contribution in [3.8, 4) is 50.8 Å². The summed E-state index contributed by atoms with van der Waals surface area (Å²) in [5.74, 6) is 1.53. The highest BCUT2D eigenvalue weighted by atomic mass is 35.5. The quantitative estimate of drug-likeness (QED) is 0.0472. The number of hydrogen-bond acceptors (Lipinski definition) is 19. The summed E-state index contributed by atoms with van der Waals surface area (Å²) in [6.07, 6.45) is 14.1. The molecule has 116 heavy (non-hydrogen) atoms. The molecule has 0 unspecified atom stereocenters. The van der Waals surface area contributed by atoms with Gasteiger partial charge in [0.05, 0.1) is 90.0 Å². The van der Waals surface area contributed by atoms with E-state index in [-0.39, 0.29) is 48.1 Å². The van der Waals surface area contributed by atoms with Gasteiger partial charge in [0.2, 0.25) is 11.8 Å². The van der Waals surface area contributed by atoms with Gasteiger partial charge >= 0.3 is 0 Å². The number of anilines is 7. The molecule has 4 aromatic carbocycles. The predicted octanol–water partition coefficient (Wildman–Crippen LogP) is 14.8. The van der Waals surface area contributed by atoms with Crippen molar-refractivity contribution in [2.75, 3.05) is 88.3 Å². The maximum Gasteiger partial charge on any atom is 0.257 e. The number of piperazine rings is 2. The number of aliphatic hydroxyl groups excluding tert-OH is 1. The van der Waals surface area contributed by atoms with Crippen LogP contribution >= 0.6 is 46.4 Å². The Kier molecular flexibility index (Phi) is 26.9. The van der Waals surface area contributed by atoms with Gasteiger partial charge in [-0.1, -0.05) is 70.7 Å². The van der Waals surface area contributed by atoms with Crippen molar-refractivity contribution >= 4 is 122 Å². The summed E-state index contributed by atoms with van der Waals surface area (Å²) in [7, 11) is 0. The largest absolute Gasteiger partial charge is 0.393 e. The van der Waals surface area contributed by atoms with Crippen LogP contribution in [0.4, 0.5) is 40.2 Å². The van der Waals surface area contributed by atoms with Crippen molar-refractivity contribution in [1.29, 1.82) is 0 Å². The molecule has 30 heteroatoms. The van der Waals surface area contributed by atoms with Gasteiger partial charge in [-0.15, -0.1) is 0 Å². The second kappa shape index (κ2) is 38.5. The lowest BCUT2D eigenvalue weighted by molar-refractivity contribution is -0.120. The lowest BCUT2D eigenvalue weighted by Gasteiger charge is -2.30. The van der Waals surface area contributed by atoms with E-state index in [1.807, 2.05) is 110 Å². The Morgan fingerprint density at radius 2 is 0.784 bits per heavy atom. The molecule has 26 nitrogen and oxygen atoms in total. The third-order valence-corrected chi connectivity index (χ3v) is 19.8. The van der Waals surface area contributed by atoms with E-state index < -0.39 is 0 Å². The Bertz CT molecular complexity index is 5630. The topological polar surface area (TPSA) is 325 Å². The van der Waals surface area contributed by atoms with Crippen LogP contribution in [0.1, 0.15) is 65.7 Å². The maximum atomic E-state index is 12.6. The predicted molar refractivity (Wildman–Crippen MR) is 452 cm³/mol. The molecule has 7 N–H and O–H groups in total. The fraction of sp³-hybridized carbons (Fsp3) is 0.151. The van der Waals surface area contributed by atoms with E-state index in [9.17, 15) is 33.9 Å². The highest BCUT2D eigenvalue weighted by molar-refractivity contribution is 6.35. The molecule has 3 aliphatic rings. The number of benzene rings is 4. The molecule has 6 amide bonds. The molecule has 3 aliphatic heterocycles. The first-order chi connectivity index (χ1) is 56.3. The van der Waals surface area contributed by atoms with E-state index in [2.05, 4.69) is 81.8 Å². The van der Waals surface area contributed by atoms with Crippen LogP contribution in [0.15, 0.2) is 250 Å². The summed E-state index contributed by atoms with van der Waals surface area (Å²) in [5.41, 5.74) is 12.0. The molecule has 0 bridgehead atoms. The minimum Gasteiger partial charge on any atom is -0.393 e. The first kappa shape index (κ1) is 80.8. The van der Waals surface area contributed by atoms with Gasteiger partial charge in [0, 0.05) is 140 Å². The number of aryl methyl sites for hydroxylation is 2. The molecule has 0 radical (unpaired) electrons. The average molecular weight is 1630 g/mol. The van der Waals surface area contributed by atoms with Gasteiger partial charge in [0.1, 0.15) is 17.5 Å². The molecular weight excluding hydrogens is 1550 g/mol.